The van der Waals surface area contributed by atoms with Crippen molar-refractivity contribution in [2.24, 2.45) is 0 Å². The highest BCUT2D eigenvalue weighted by atomic mass is 79.9. The Labute approximate surface area is 133 Å². The lowest BCUT2D eigenvalue weighted by Gasteiger charge is -2.38. The fourth-order valence-corrected chi connectivity index (χ4v) is 2.36. The van der Waals surface area contributed by atoms with Gasteiger partial charge in [0.15, 0.2) is 0 Å². The number of hydrogen-bond donors (Lipinski definition) is 1. The maximum Gasteiger partial charge on any atom is 0.0414 e. The van der Waals surface area contributed by atoms with Gasteiger partial charge in [-0.05, 0) is 64.8 Å². The third kappa shape index (κ3) is 4.78. The second kappa shape index (κ2) is 6.48. The van der Waals surface area contributed by atoms with Crippen molar-refractivity contribution in [2.45, 2.75) is 65.6 Å². The minimum Gasteiger partial charge on any atom is -0.369 e. The number of benzene rings is 1. The molecule has 1 aromatic rings. The molecule has 0 heterocycles. The summed E-state index contributed by atoms with van der Waals surface area (Å²) < 4.78 is 1.13. The van der Waals surface area contributed by atoms with Crippen molar-refractivity contribution in [3.05, 3.63) is 28.2 Å². The Bertz CT molecular complexity index is 447. The molecule has 0 aliphatic heterocycles. The van der Waals surface area contributed by atoms with Crippen molar-refractivity contribution in [1.29, 1.82) is 0 Å². The summed E-state index contributed by atoms with van der Waals surface area (Å²) in [6, 6.07) is 6.55. The largest absolute Gasteiger partial charge is 0.369 e. The van der Waals surface area contributed by atoms with Crippen LogP contribution in [0.5, 0.6) is 0 Å². The van der Waals surface area contributed by atoms with Gasteiger partial charge >= 0.3 is 0 Å². The Morgan fingerprint density at radius 1 is 1.15 bits per heavy atom. The highest BCUT2D eigenvalue weighted by Crippen LogP contribution is 2.30. The quantitative estimate of drug-likeness (QED) is 0.814. The van der Waals surface area contributed by atoms with Crippen LogP contribution < -0.4 is 10.2 Å². The normalized spacial score (nSPS) is 12.6. The van der Waals surface area contributed by atoms with Crippen LogP contribution in [-0.2, 0) is 6.54 Å². The molecule has 114 valence electrons. The molecule has 0 saturated heterocycles. The highest BCUT2D eigenvalue weighted by Gasteiger charge is 2.23. The number of halogens is 1. The predicted octanol–water partition coefficient (Wildman–Crippen LogP) is 4.96. The maximum absolute atomic E-state index is 3.59. The fraction of sp³-hybridized carbons (Fsp3) is 0.647. The molecule has 3 heteroatoms. The molecule has 0 radical (unpaired) electrons. The van der Waals surface area contributed by atoms with Gasteiger partial charge in [-0.15, -0.1) is 0 Å². The molecule has 0 atom stereocenters. The van der Waals surface area contributed by atoms with Crippen molar-refractivity contribution in [1.82, 2.24) is 5.32 Å². The molecule has 0 spiro atoms. The minimum atomic E-state index is 0.123. The van der Waals surface area contributed by atoms with Crippen molar-refractivity contribution >= 4 is 21.6 Å². The number of nitrogens with one attached hydrogen (secondary N) is 1. The molecular weight excluding hydrogens is 312 g/mol. The lowest BCUT2D eigenvalue weighted by atomic mass is 9.97. The van der Waals surface area contributed by atoms with Crippen molar-refractivity contribution in [3.63, 3.8) is 0 Å². The van der Waals surface area contributed by atoms with Gasteiger partial charge in [-0.25, -0.2) is 0 Å². The van der Waals surface area contributed by atoms with Gasteiger partial charge in [0.1, 0.15) is 0 Å². The van der Waals surface area contributed by atoms with Crippen LogP contribution in [0.4, 0.5) is 5.69 Å². The average Bonchev–Trinajstić information content (AvgIpc) is 2.35. The van der Waals surface area contributed by atoms with E-state index in [2.05, 4.69) is 92.9 Å². The lowest BCUT2D eigenvalue weighted by Crippen LogP contribution is -2.42. The first kappa shape index (κ1) is 17.5. The van der Waals surface area contributed by atoms with E-state index in [1.54, 1.807) is 0 Å². The molecule has 0 bridgehead atoms. The Hall–Kier alpha value is -0.540. The van der Waals surface area contributed by atoms with E-state index in [1.807, 2.05) is 0 Å². The second-order valence-electron chi connectivity index (χ2n) is 7.10. The van der Waals surface area contributed by atoms with Crippen LogP contribution in [-0.4, -0.2) is 18.1 Å². The molecule has 0 aliphatic rings. The molecular formula is C17H29BrN2. The first-order chi connectivity index (χ1) is 9.07. The van der Waals surface area contributed by atoms with Crippen LogP contribution in [0.25, 0.3) is 0 Å². The van der Waals surface area contributed by atoms with Gasteiger partial charge in [-0.3, -0.25) is 0 Å². The Kier molecular flexibility index (Phi) is 5.68. The molecule has 1 N–H and O–H groups in total. The molecule has 0 aliphatic carbocycles. The van der Waals surface area contributed by atoms with E-state index < -0.39 is 0 Å². The zero-order valence-corrected chi connectivity index (χ0v) is 15.6. The van der Waals surface area contributed by atoms with Gasteiger partial charge in [-0.2, -0.15) is 0 Å². The monoisotopic (exact) mass is 340 g/mol. The molecule has 0 fully saturated rings. The molecule has 20 heavy (non-hydrogen) atoms. The summed E-state index contributed by atoms with van der Waals surface area (Å²) in [5.74, 6) is 0. The van der Waals surface area contributed by atoms with Gasteiger partial charge in [0, 0.05) is 34.8 Å². The molecule has 1 aromatic carbocycles. The fourth-order valence-electron chi connectivity index (χ4n) is 1.95. The van der Waals surface area contributed by atoms with E-state index in [4.69, 9.17) is 0 Å². The van der Waals surface area contributed by atoms with E-state index >= 15 is 0 Å². The molecule has 0 saturated carbocycles. The average molecular weight is 341 g/mol. The summed E-state index contributed by atoms with van der Waals surface area (Å²) in [4.78, 5) is 2.39. The van der Waals surface area contributed by atoms with E-state index in [1.165, 1.54) is 11.3 Å². The molecule has 0 aromatic heterocycles. The smallest absolute Gasteiger partial charge is 0.0414 e. The first-order valence-corrected chi connectivity index (χ1v) is 8.13. The third-order valence-corrected chi connectivity index (χ3v) is 4.48. The van der Waals surface area contributed by atoms with Crippen LogP contribution >= 0.6 is 15.9 Å². The maximum atomic E-state index is 3.59. The van der Waals surface area contributed by atoms with Crippen LogP contribution in [0.2, 0.25) is 0 Å². The summed E-state index contributed by atoms with van der Waals surface area (Å²) in [5.41, 5.74) is 2.91. The third-order valence-electron chi connectivity index (χ3n) is 3.99. The molecule has 0 unspecified atom stereocenters. The topological polar surface area (TPSA) is 15.3 Å². The standard InChI is InChI=1S/C17H29BrN2/c1-8-17(5,6)20(7)15-10-9-14(18)11-13(15)12-19-16(2,3)4/h9-11,19H,8,12H2,1-7H3. The summed E-state index contributed by atoms with van der Waals surface area (Å²) in [7, 11) is 2.19. The second-order valence-corrected chi connectivity index (χ2v) is 8.02. The highest BCUT2D eigenvalue weighted by molar-refractivity contribution is 9.10. The Morgan fingerprint density at radius 3 is 2.25 bits per heavy atom. The van der Waals surface area contributed by atoms with Crippen LogP contribution in [0.15, 0.2) is 22.7 Å². The van der Waals surface area contributed by atoms with E-state index in [9.17, 15) is 0 Å². The van der Waals surface area contributed by atoms with Crippen molar-refractivity contribution in [2.75, 3.05) is 11.9 Å². The Morgan fingerprint density at radius 2 is 1.75 bits per heavy atom. The zero-order valence-electron chi connectivity index (χ0n) is 14.0. The van der Waals surface area contributed by atoms with Crippen molar-refractivity contribution in [3.8, 4) is 0 Å². The van der Waals surface area contributed by atoms with Crippen LogP contribution in [0, 0.1) is 0 Å². The van der Waals surface area contributed by atoms with E-state index in [0.717, 1.165) is 17.4 Å². The molecule has 1 rings (SSSR count). The van der Waals surface area contributed by atoms with E-state index in [0.29, 0.717) is 0 Å². The molecule has 2 nitrogen and oxygen atoms in total. The predicted molar refractivity (Wildman–Crippen MR) is 93.5 cm³/mol. The number of hydrogen-bond acceptors (Lipinski definition) is 2. The van der Waals surface area contributed by atoms with Gasteiger partial charge in [0.25, 0.3) is 0 Å². The van der Waals surface area contributed by atoms with Gasteiger partial charge < -0.3 is 10.2 Å². The van der Waals surface area contributed by atoms with Crippen molar-refractivity contribution < 1.29 is 0 Å². The van der Waals surface area contributed by atoms with Gasteiger partial charge in [0.2, 0.25) is 0 Å². The SMILES string of the molecule is CCC(C)(C)N(C)c1ccc(Br)cc1CNC(C)(C)C. The van der Waals surface area contributed by atoms with Gasteiger partial charge in [0.05, 0.1) is 0 Å². The van der Waals surface area contributed by atoms with E-state index in [-0.39, 0.29) is 11.1 Å². The minimum absolute atomic E-state index is 0.123. The summed E-state index contributed by atoms with van der Waals surface area (Å²) in [6.45, 7) is 14.3. The summed E-state index contributed by atoms with van der Waals surface area (Å²) in [6.07, 6.45) is 1.12. The van der Waals surface area contributed by atoms with Crippen LogP contribution in [0.3, 0.4) is 0 Å². The number of nitrogens with zero attached hydrogens (tertiary/aromatic N) is 1. The van der Waals surface area contributed by atoms with Crippen LogP contribution in [0.1, 0.15) is 53.5 Å². The molecule has 0 amide bonds. The summed E-state index contributed by atoms with van der Waals surface area (Å²) in [5, 5.41) is 3.58. The first-order valence-electron chi connectivity index (χ1n) is 7.34. The number of anilines is 1. The number of rotatable bonds is 5. The summed E-state index contributed by atoms with van der Waals surface area (Å²) >= 11 is 3.59. The zero-order chi connectivity index (χ0) is 15.6. The Balaban J connectivity index is 3.07. The van der Waals surface area contributed by atoms with Gasteiger partial charge in [-0.1, -0.05) is 22.9 Å². The lowest BCUT2D eigenvalue weighted by molar-refractivity contribution is 0.422.